The Morgan fingerprint density at radius 1 is 1.12 bits per heavy atom. The summed E-state index contributed by atoms with van der Waals surface area (Å²) in [6.07, 6.45) is 0. The number of anilines is 1. The first kappa shape index (κ1) is 21.3. The standard InChI is InChI=1S/C18H22N2O3S.ClH/c1-23-11-10-19-13-18(21)20-16-7-5-6-15(12-16)14-24(22)17-8-3-2-4-9-17;/h2-9,12,19H,10-11,13-14H2,1H3,(H,20,21);1H. The molecule has 0 fully saturated rings. The molecule has 0 aliphatic heterocycles. The summed E-state index contributed by atoms with van der Waals surface area (Å²) in [6, 6.07) is 16.8. The lowest BCUT2D eigenvalue weighted by atomic mass is 10.2. The number of ether oxygens (including phenoxy) is 1. The molecule has 0 heterocycles. The van der Waals surface area contributed by atoms with E-state index in [1.165, 1.54) is 0 Å². The largest absolute Gasteiger partial charge is 0.383 e. The zero-order valence-corrected chi connectivity index (χ0v) is 15.7. The van der Waals surface area contributed by atoms with Crippen LogP contribution in [-0.4, -0.2) is 36.9 Å². The van der Waals surface area contributed by atoms with E-state index < -0.39 is 10.8 Å². The second-order valence-electron chi connectivity index (χ2n) is 5.22. The van der Waals surface area contributed by atoms with Crippen molar-refractivity contribution < 1.29 is 13.7 Å². The number of nitrogens with one attached hydrogen (secondary N) is 2. The predicted molar refractivity (Wildman–Crippen MR) is 104 cm³/mol. The first-order valence-corrected chi connectivity index (χ1v) is 9.03. The molecule has 7 heteroatoms. The quantitative estimate of drug-likeness (QED) is 0.654. The number of hydrogen-bond acceptors (Lipinski definition) is 4. The zero-order chi connectivity index (χ0) is 17.2. The fourth-order valence-electron chi connectivity index (χ4n) is 2.13. The number of benzene rings is 2. The predicted octanol–water partition coefficient (Wildman–Crippen LogP) is 2.59. The molecule has 0 aliphatic carbocycles. The lowest BCUT2D eigenvalue weighted by Crippen LogP contribution is -2.30. The van der Waals surface area contributed by atoms with Crippen molar-refractivity contribution in [1.82, 2.24) is 5.32 Å². The van der Waals surface area contributed by atoms with Crippen molar-refractivity contribution in [3.8, 4) is 0 Å². The minimum atomic E-state index is -1.10. The Kier molecular flexibility index (Phi) is 10.0. The van der Waals surface area contributed by atoms with Crippen molar-refractivity contribution in [1.29, 1.82) is 0 Å². The fourth-order valence-corrected chi connectivity index (χ4v) is 3.24. The third-order valence-corrected chi connectivity index (χ3v) is 4.68. The molecular formula is C18H23ClN2O3S. The summed E-state index contributed by atoms with van der Waals surface area (Å²) >= 11 is 0. The maximum absolute atomic E-state index is 12.4. The maximum Gasteiger partial charge on any atom is 0.238 e. The van der Waals surface area contributed by atoms with E-state index in [0.29, 0.717) is 24.6 Å². The molecule has 0 aromatic heterocycles. The SMILES string of the molecule is COCCNCC(=O)Nc1cccc(CS(=O)c2ccccc2)c1.Cl. The van der Waals surface area contributed by atoms with Crippen LogP contribution < -0.4 is 10.6 Å². The van der Waals surface area contributed by atoms with Crippen molar-refractivity contribution in [3.63, 3.8) is 0 Å². The molecule has 1 amide bonds. The summed E-state index contributed by atoms with van der Waals surface area (Å²) in [5.41, 5.74) is 1.62. The normalized spacial score (nSPS) is 11.4. The number of carbonyl (C=O) groups is 1. The fraction of sp³-hybridized carbons (Fsp3) is 0.278. The molecule has 0 aliphatic rings. The summed E-state index contributed by atoms with van der Waals surface area (Å²) in [5, 5.41) is 5.82. The van der Waals surface area contributed by atoms with Crippen LogP contribution in [0.25, 0.3) is 0 Å². The summed E-state index contributed by atoms with van der Waals surface area (Å²) in [5.74, 6) is 0.298. The van der Waals surface area contributed by atoms with Gasteiger partial charge in [-0.3, -0.25) is 9.00 Å². The van der Waals surface area contributed by atoms with Crippen LogP contribution in [0, 0.1) is 0 Å². The smallest absolute Gasteiger partial charge is 0.238 e. The molecule has 0 radical (unpaired) electrons. The van der Waals surface area contributed by atoms with Crippen LogP contribution in [0.2, 0.25) is 0 Å². The van der Waals surface area contributed by atoms with Gasteiger partial charge < -0.3 is 15.4 Å². The molecule has 0 bridgehead atoms. The van der Waals surface area contributed by atoms with Gasteiger partial charge in [-0.05, 0) is 29.8 Å². The number of methoxy groups -OCH3 is 1. The molecule has 2 N–H and O–H groups in total. The lowest BCUT2D eigenvalue weighted by molar-refractivity contribution is -0.115. The molecule has 136 valence electrons. The van der Waals surface area contributed by atoms with Crippen molar-refractivity contribution in [2.45, 2.75) is 10.6 Å². The summed E-state index contributed by atoms with van der Waals surface area (Å²) in [7, 11) is 0.516. The Morgan fingerprint density at radius 3 is 2.60 bits per heavy atom. The Balaban J connectivity index is 0.00000312. The van der Waals surface area contributed by atoms with Crippen LogP contribution >= 0.6 is 12.4 Å². The Labute approximate surface area is 157 Å². The minimum absolute atomic E-state index is 0. The molecule has 2 rings (SSSR count). The van der Waals surface area contributed by atoms with Crippen LogP contribution in [0.15, 0.2) is 59.5 Å². The van der Waals surface area contributed by atoms with E-state index in [4.69, 9.17) is 4.74 Å². The summed E-state index contributed by atoms with van der Waals surface area (Å²) in [4.78, 5) is 12.7. The first-order valence-electron chi connectivity index (χ1n) is 7.71. The number of halogens is 1. The van der Waals surface area contributed by atoms with Gasteiger partial charge in [-0.2, -0.15) is 0 Å². The van der Waals surface area contributed by atoms with E-state index >= 15 is 0 Å². The molecule has 0 saturated heterocycles. The van der Waals surface area contributed by atoms with Gasteiger partial charge in [0.05, 0.1) is 29.7 Å². The molecule has 1 unspecified atom stereocenters. The topological polar surface area (TPSA) is 67.4 Å². The van der Waals surface area contributed by atoms with Gasteiger partial charge >= 0.3 is 0 Å². The maximum atomic E-state index is 12.4. The first-order chi connectivity index (χ1) is 11.7. The number of carbonyl (C=O) groups excluding carboxylic acids is 1. The highest BCUT2D eigenvalue weighted by Crippen LogP contribution is 2.15. The Bertz CT molecular complexity index is 683. The van der Waals surface area contributed by atoms with E-state index in [2.05, 4.69) is 10.6 Å². The van der Waals surface area contributed by atoms with Crippen LogP contribution in [-0.2, 0) is 26.1 Å². The Hall–Kier alpha value is -1.73. The molecule has 1 atom stereocenters. The van der Waals surface area contributed by atoms with Gasteiger partial charge in [0.2, 0.25) is 5.91 Å². The van der Waals surface area contributed by atoms with Crippen LogP contribution in [0.1, 0.15) is 5.56 Å². The molecule has 5 nitrogen and oxygen atoms in total. The van der Waals surface area contributed by atoms with E-state index in [1.54, 1.807) is 7.11 Å². The van der Waals surface area contributed by atoms with E-state index in [9.17, 15) is 9.00 Å². The van der Waals surface area contributed by atoms with Gasteiger partial charge in [0.25, 0.3) is 0 Å². The highest BCUT2D eigenvalue weighted by molar-refractivity contribution is 7.84. The second-order valence-corrected chi connectivity index (χ2v) is 6.67. The van der Waals surface area contributed by atoms with Gasteiger partial charge in [0, 0.05) is 24.2 Å². The molecule has 2 aromatic rings. The van der Waals surface area contributed by atoms with Crippen molar-refractivity contribution >= 4 is 34.8 Å². The Morgan fingerprint density at radius 2 is 1.88 bits per heavy atom. The van der Waals surface area contributed by atoms with E-state index in [-0.39, 0.29) is 24.9 Å². The average Bonchev–Trinajstić information content (AvgIpc) is 2.60. The molecule has 0 saturated carbocycles. The number of hydrogen-bond donors (Lipinski definition) is 2. The molecule has 25 heavy (non-hydrogen) atoms. The van der Waals surface area contributed by atoms with Crippen LogP contribution in [0.3, 0.4) is 0 Å². The second kappa shape index (κ2) is 11.8. The van der Waals surface area contributed by atoms with Gasteiger partial charge in [-0.1, -0.05) is 30.3 Å². The summed E-state index contributed by atoms with van der Waals surface area (Å²) < 4.78 is 17.3. The van der Waals surface area contributed by atoms with E-state index in [0.717, 1.165) is 10.5 Å². The van der Waals surface area contributed by atoms with Gasteiger partial charge in [-0.25, -0.2) is 0 Å². The van der Waals surface area contributed by atoms with Crippen molar-refractivity contribution in [2.24, 2.45) is 0 Å². The average molecular weight is 383 g/mol. The van der Waals surface area contributed by atoms with Crippen LogP contribution in [0.5, 0.6) is 0 Å². The van der Waals surface area contributed by atoms with E-state index in [1.807, 2.05) is 54.6 Å². The van der Waals surface area contributed by atoms with Crippen LogP contribution in [0.4, 0.5) is 5.69 Å². The lowest BCUT2D eigenvalue weighted by Gasteiger charge is -2.08. The van der Waals surface area contributed by atoms with Gasteiger partial charge in [0.15, 0.2) is 0 Å². The summed E-state index contributed by atoms with van der Waals surface area (Å²) in [6.45, 7) is 1.41. The molecule has 2 aromatic carbocycles. The highest BCUT2D eigenvalue weighted by Gasteiger charge is 2.07. The monoisotopic (exact) mass is 382 g/mol. The third-order valence-electron chi connectivity index (χ3n) is 3.28. The highest BCUT2D eigenvalue weighted by atomic mass is 35.5. The van der Waals surface area contributed by atoms with Gasteiger partial charge in [0.1, 0.15) is 0 Å². The molecule has 0 spiro atoms. The zero-order valence-electron chi connectivity index (χ0n) is 14.1. The van der Waals surface area contributed by atoms with Gasteiger partial charge in [-0.15, -0.1) is 12.4 Å². The van der Waals surface area contributed by atoms with Crippen molar-refractivity contribution in [3.05, 3.63) is 60.2 Å². The van der Waals surface area contributed by atoms with Crippen molar-refractivity contribution in [2.75, 3.05) is 32.1 Å². The third kappa shape index (κ3) is 7.79. The number of amides is 1. The minimum Gasteiger partial charge on any atom is -0.383 e. The molecular weight excluding hydrogens is 360 g/mol. The number of rotatable bonds is 9.